The lowest BCUT2D eigenvalue weighted by Gasteiger charge is -2.27. The number of nitrogens with zero attached hydrogens (tertiary/aromatic N) is 1. The van der Waals surface area contributed by atoms with E-state index in [-0.39, 0.29) is 11.3 Å². The molecule has 0 radical (unpaired) electrons. The summed E-state index contributed by atoms with van der Waals surface area (Å²) in [6, 6.07) is 0. The summed E-state index contributed by atoms with van der Waals surface area (Å²) in [5, 5.41) is 9.16. The molecule has 96 valence electrons. The van der Waals surface area contributed by atoms with Crippen molar-refractivity contribution < 1.29 is 14.7 Å². The molecule has 0 aromatic rings. The summed E-state index contributed by atoms with van der Waals surface area (Å²) in [5.41, 5.74) is -0.924. The van der Waals surface area contributed by atoms with E-state index >= 15 is 0 Å². The fourth-order valence-corrected chi connectivity index (χ4v) is 2.80. The molecule has 1 amide bonds. The van der Waals surface area contributed by atoms with Crippen molar-refractivity contribution in [3.63, 3.8) is 0 Å². The van der Waals surface area contributed by atoms with Gasteiger partial charge >= 0.3 is 5.97 Å². The largest absolute Gasteiger partial charge is 0.481 e. The highest BCUT2D eigenvalue weighted by Crippen LogP contribution is 2.54. The van der Waals surface area contributed by atoms with Gasteiger partial charge in [-0.15, -0.1) is 0 Å². The summed E-state index contributed by atoms with van der Waals surface area (Å²) in [5.74, 6) is -0.258. The highest BCUT2D eigenvalue weighted by molar-refractivity contribution is 5.87. The van der Waals surface area contributed by atoms with Crippen LogP contribution in [0.1, 0.15) is 40.0 Å². The molecule has 2 aliphatic rings. The summed E-state index contributed by atoms with van der Waals surface area (Å²) in [6.45, 7) is 6.86. The molecule has 4 nitrogen and oxygen atoms in total. The monoisotopic (exact) mass is 239 g/mol. The van der Waals surface area contributed by atoms with E-state index in [2.05, 4.69) is 13.8 Å². The average Bonchev–Trinajstić information content (AvgIpc) is 2.96. The van der Waals surface area contributed by atoms with Gasteiger partial charge in [0, 0.05) is 13.1 Å². The van der Waals surface area contributed by atoms with Gasteiger partial charge in [0.1, 0.15) is 0 Å². The number of carboxylic acids is 1. The molecular weight excluding hydrogens is 218 g/mol. The van der Waals surface area contributed by atoms with Gasteiger partial charge in [0.25, 0.3) is 0 Å². The Morgan fingerprint density at radius 3 is 2.18 bits per heavy atom. The van der Waals surface area contributed by atoms with Crippen molar-refractivity contribution in [2.45, 2.75) is 40.0 Å². The van der Waals surface area contributed by atoms with Crippen molar-refractivity contribution >= 4 is 11.9 Å². The SMILES string of the molecule is CC(C)C1(C(=O)N2CCC(C)(C(=O)O)C2)CC1. The molecule has 2 rings (SSSR count). The minimum absolute atomic E-state index is 0.177. The number of hydrogen-bond acceptors (Lipinski definition) is 2. The zero-order valence-electron chi connectivity index (χ0n) is 10.8. The van der Waals surface area contributed by atoms with Gasteiger partial charge in [0.2, 0.25) is 5.91 Å². The molecule has 1 N–H and O–H groups in total. The van der Waals surface area contributed by atoms with E-state index in [1.165, 1.54) is 0 Å². The Bertz CT molecular complexity index is 360. The first-order chi connectivity index (χ1) is 7.82. The summed E-state index contributed by atoms with van der Waals surface area (Å²) in [6.07, 6.45) is 2.50. The Balaban J connectivity index is 2.07. The highest BCUT2D eigenvalue weighted by Gasteiger charge is 2.55. The molecule has 1 heterocycles. The molecular formula is C13H21NO3. The van der Waals surface area contributed by atoms with Gasteiger partial charge in [0.05, 0.1) is 10.8 Å². The third-order valence-corrected chi connectivity index (χ3v) is 4.60. The number of rotatable bonds is 3. The Morgan fingerprint density at radius 2 is 1.82 bits per heavy atom. The van der Waals surface area contributed by atoms with Gasteiger partial charge in [-0.1, -0.05) is 13.8 Å². The van der Waals surface area contributed by atoms with E-state index in [1.54, 1.807) is 11.8 Å². The molecule has 1 atom stereocenters. The first-order valence-corrected chi connectivity index (χ1v) is 6.35. The predicted molar refractivity (Wildman–Crippen MR) is 63.4 cm³/mol. The molecule has 0 aromatic heterocycles. The van der Waals surface area contributed by atoms with Crippen molar-refractivity contribution in [2.75, 3.05) is 13.1 Å². The lowest BCUT2D eigenvalue weighted by atomic mass is 9.89. The predicted octanol–water partition coefficient (Wildman–Crippen LogP) is 1.75. The minimum Gasteiger partial charge on any atom is -0.481 e. The van der Waals surface area contributed by atoms with Crippen LogP contribution in [0.15, 0.2) is 0 Å². The van der Waals surface area contributed by atoms with E-state index in [0.717, 1.165) is 12.8 Å². The molecule has 17 heavy (non-hydrogen) atoms. The molecule has 0 bridgehead atoms. The van der Waals surface area contributed by atoms with Crippen LogP contribution in [0.5, 0.6) is 0 Å². The van der Waals surface area contributed by atoms with Crippen molar-refractivity contribution in [1.29, 1.82) is 0 Å². The Hall–Kier alpha value is -1.06. The third-order valence-electron chi connectivity index (χ3n) is 4.60. The minimum atomic E-state index is -0.790. The van der Waals surface area contributed by atoms with E-state index in [4.69, 9.17) is 5.11 Å². The number of carbonyl (C=O) groups excluding carboxylic acids is 1. The zero-order chi connectivity index (χ0) is 12.8. The van der Waals surface area contributed by atoms with Crippen LogP contribution in [0, 0.1) is 16.7 Å². The molecule has 2 fully saturated rings. The summed E-state index contributed by atoms with van der Waals surface area (Å²) in [4.78, 5) is 25.3. The van der Waals surface area contributed by atoms with Crippen LogP contribution in [0.4, 0.5) is 0 Å². The van der Waals surface area contributed by atoms with Crippen LogP contribution in [0.3, 0.4) is 0 Å². The zero-order valence-corrected chi connectivity index (χ0v) is 10.8. The van der Waals surface area contributed by atoms with Crippen LogP contribution in [0.25, 0.3) is 0 Å². The van der Waals surface area contributed by atoms with Gasteiger partial charge in [-0.3, -0.25) is 9.59 Å². The molecule has 1 saturated carbocycles. The maximum Gasteiger partial charge on any atom is 0.311 e. The first-order valence-electron chi connectivity index (χ1n) is 6.35. The second-order valence-corrected chi connectivity index (χ2v) is 6.15. The lowest BCUT2D eigenvalue weighted by molar-refractivity contribution is -0.147. The standard InChI is InChI=1S/C13H21NO3/c1-9(2)13(4-5-13)10(15)14-7-6-12(3,8-14)11(16)17/h9H,4-8H2,1-3H3,(H,16,17). The number of carboxylic acid groups (broad SMARTS) is 1. The van der Waals surface area contributed by atoms with Crippen LogP contribution >= 0.6 is 0 Å². The number of likely N-dealkylation sites (tertiary alicyclic amines) is 1. The van der Waals surface area contributed by atoms with Crippen LogP contribution in [-0.4, -0.2) is 35.0 Å². The Labute approximate surface area is 102 Å². The maximum atomic E-state index is 12.4. The molecule has 1 saturated heterocycles. The second-order valence-electron chi connectivity index (χ2n) is 6.15. The second kappa shape index (κ2) is 3.72. The molecule has 1 aliphatic carbocycles. The van der Waals surface area contributed by atoms with E-state index in [1.807, 2.05) is 0 Å². The smallest absolute Gasteiger partial charge is 0.311 e. The maximum absolute atomic E-state index is 12.4. The number of carbonyl (C=O) groups is 2. The van der Waals surface area contributed by atoms with E-state index in [0.29, 0.717) is 25.4 Å². The van der Waals surface area contributed by atoms with E-state index in [9.17, 15) is 9.59 Å². The van der Waals surface area contributed by atoms with Crippen molar-refractivity contribution in [3.05, 3.63) is 0 Å². The number of aliphatic carboxylic acids is 1. The van der Waals surface area contributed by atoms with Crippen LogP contribution in [0.2, 0.25) is 0 Å². The quantitative estimate of drug-likeness (QED) is 0.816. The molecule has 0 spiro atoms. The first kappa shape index (κ1) is 12.4. The van der Waals surface area contributed by atoms with Crippen molar-refractivity contribution in [1.82, 2.24) is 4.90 Å². The topological polar surface area (TPSA) is 57.6 Å². The number of amides is 1. The summed E-state index contributed by atoms with van der Waals surface area (Å²) in [7, 11) is 0. The normalized spacial score (nSPS) is 30.7. The van der Waals surface area contributed by atoms with E-state index < -0.39 is 11.4 Å². The van der Waals surface area contributed by atoms with Gasteiger partial charge in [-0.05, 0) is 32.1 Å². The molecule has 1 aliphatic heterocycles. The molecule has 4 heteroatoms. The summed E-state index contributed by atoms with van der Waals surface area (Å²) < 4.78 is 0. The van der Waals surface area contributed by atoms with Crippen LogP contribution < -0.4 is 0 Å². The Kier molecular flexibility index (Phi) is 2.71. The Morgan fingerprint density at radius 1 is 1.24 bits per heavy atom. The lowest BCUT2D eigenvalue weighted by Crippen LogP contribution is -2.40. The van der Waals surface area contributed by atoms with Gasteiger partial charge in [-0.2, -0.15) is 0 Å². The molecule has 1 unspecified atom stereocenters. The number of hydrogen-bond donors (Lipinski definition) is 1. The van der Waals surface area contributed by atoms with Crippen LogP contribution in [-0.2, 0) is 9.59 Å². The van der Waals surface area contributed by atoms with Gasteiger partial charge in [-0.25, -0.2) is 0 Å². The van der Waals surface area contributed by atoms with Gasteiger partial charge < -0.3 is 10.0 Å². The highest BCUT2D eigenvalue weighted by atomic mass is 16.4. The summed E-state index contributed by atoms with van der Waals surface area (Å²) >= 11 is 0. The average molecular weight is 239 g/mol. The van der Waals surface area contributed by atoms with Crippen molar-refractivity contribution in [2.24, 2.45) is 16.7 Å². The molecule has 0 aromatic carbocycles. The van der Waals surface area contributed by atoms with Crippen molar-refractivity contribution in [3.8, 4) is 0 Å². The fourth-order valence-electron chi connectivity index (χ4n) is 2.80. The fraction of sp³-hybridized carbons (Fsp3) is 0.846. The third kappa shape index (κ3) is 1.83. The van der Waals surface area contributed by atoms with Gasteiger partial charge in [0.15, 0.2) is 0 Å².